The van der Waals surface area contributed by atoms with Crippen molar-refractivity contribution in [2.45, 2.75) is 55.6 Å². The molecule has 0 unspecified atom stereocenters. The fourth-order valence-corrected chi connectivity index (χ4v) is 4.22. The average Bonchev–Trinajstić information content (AvgIpc) is 2.63. The maximum Gasteiger partial charge on any atom is 0.265 e. The van der Waals surface area contributed by atoms with Crippen molar-refractivity contribution in [2.75, 3.05) is 0 Å². The minimum atomic E-state index is -0.0402. The van der Waals surface area contributed by atoms with E-state index < -0.39 is 0 Å². The quantitative estimate of drug-likeness (QED) is 0.392. The average molecular weight is 455 g/mol. The summed E-state index contributed by atoms with van der Waals surface area (Å²) in [6, 6.07) is 10.8. The molecule has 1 heterocycles. The summed E-state index contributed by atoms with van der Waals surface area (Å²) in [5.74, 6) is 0.805. The van der Waals surface area contributed by atoms with Gasteiger partial charge in [0.25, 0.3) is 5.56 Å². The van der Waals surface area contributed by atoms with Crippen LogP contribution in [0.25, 0.3) is 0 Å². The minimum absolute atomic E-state index is 0.0402. The Morgan fingerprint density at radius 3 is 2.71 bits per heavy atom. The maximum atomic E-state index is 12.2. The number of aromatic nitrogens is 2. The lowest BCUT2D eigenvalue weighted by Crippen LogP contribution is -2.32. The number of thioether (sulfide) groups is 1. The lowest BCUT2D eigenvalue weighted by molar-refractivity contribution is 0.370. The predicted molar refractivity (Wildman–Crippen MR) is 107 cm³/mol. The first-order valence-corrected chi connectivity index (χ1v) is 10.5. The third kappa shape index (κ3) is 5.07. The van der Waals surface area contributed by atoms with Gasteiger partial charge in [0.15, 0.2) is 5.16 Å². The molecule has 6 heteroatoms. The molecule has 1 aromatic carbocycles. The van der Waals surface area contributed by atoms with Crippen molar-refractivity contribution in [2.24, 2.45) is 0 Å². The topological polar surface area (TPSA) is 57.8 Å². The van der Waals surface area contributed by atoms with Gasteiger partial charge in [-0.15, -0.1) is 0 Å². The fraction of sp³-hybridized carbons (Fsp3) is 0.444. The number of aromatic amines is 1. The predicted octanol–water partition coefficient (Wildman–Crippen LogP) is 4.09. The second-order valence-corrected chi connectivity index (χ2v) is 8.16. The molecule has 1 fully saturated rings. The van der Waals surface area contributed by atoms with Gasteiger partial charge in [-0.25, -0.2) is 4.98 Å². The summed E-state index contributed by atoms with van der Waals surface area (Å²) in [4.78, 5) is 19.7. The lowest BCUT2D eigenvalue weighted by atomic mass is 9.95. The van der Waals surface area contributed by atoms with Gasteiger partial charge in [0.1, 0.15) is 3.57 Å². The number of nitrogens with zero attached hydrogens (tertiary/aromatic N) is 1. The van der Waals surface area contributed by atoms with Crippen LogP contribution in [0, 0.1) is 3.57 Å². The number of rotatable bonds is 6. The van der Waals surface area contributed by atoms with Crippen LogP contribution in [0.5, 0.6) is 0 Å². The molecular formula is C18H22IN3OS. The minimum Gasteiger partial charge on any atom is -0.308 e. The molecule has 2 N–H and O–H groups in total. The normalized spacial score (nSPS) is 15.5. The standard InChI is InChI=1S/C18H22IN3OS/c19-16-15(11-20-14-9-5-2-6-10-14)21-18(22-17(16)23)24-12-13-7-3-1-4-8-13/h1,3-4,7-8,14,20H,2,5-6,9-12H2,(H,21,22,23). The van der Waals surface area contributed by atoms with Crippen molar-refractivity contribution in [3.8, 4) is 0 Å². The summed E-state index contributed by atoms with van der Waals surface area (Å²) < 4.78 is 0.694. The van der Waals surface area contributed by atoms with Gasteiger partial charge in [-0.2, -0.15) is 0 Å². The Morgan fingerprint density at radius 2 is 1.96 bits per heavy atom. The van der Waals surface area contributed by atoms with Crippen molar-refractivity contribution in [1.82, 2.24) is 15.3 Å². The number of hydrogen-bond donors (Lipinski definition) is 2. The van der Waals surface area contributed by atoms with Crippen LogP contribution in [0.3, 0.4) is 0 Å². The Labute approximate surface area is 160 Å². The summed E-state index contributed by atoms with van der Waals surface area (Å²) in [7, 11) is 0. The van der Waals surface area contributed by atoms with Crippen LogP contribution >= 0.6 is 34.4 Å². The van der Waals surface area contributed by atoms with Crippen molar-refractivity contribution >= 4 is 34.4 Å². The van der Waals surface area contributed by atoms with Crippen LogP contribution < -0.4 is 10.9 Å². The zero-order chi connectivity index (χ0) is 16.8. The van der Waals surface area contributed by atoms with Gasteiger partial charge in [0.05, 0.1) is 5.69 Å². The monoisotopic (exact) mass is 455 g/mol. The van der Waals surface area contributed by atoms with E-state index in [9.17, 15) is 4.79 Å². The molecule has 0 amide bonds. The first-order valence-electron chi connectivity index (χ1n) is 8.41. The van der Waals surface area contributed by atoms with E-state index in [0.29, 0.717) is 21.3 Å². The third-order valence-electron chi connectivity index (χ3n) is 4.29. The van der Waals surface area contributed by atoms with E-state index in [4.69, 9.17) is 0 Å². The van der Waals surface area contributed by atoms with Crippen LogP contribution in [0.15, 0.2) is 40.3 Å². The van der Waals surface area contributed by atoms with Crippen LogP contribution in [-0.2, 0) is 12.3 Å². The van der Waals surface area contributed by atoms with E-state index in [1.54, 1.807) is 11.8 Å². The molecule has 4 nitrogen and oxygen atoms in total. The van der Waals surface area contributed by atoms with Gasteiger partial charge in [-0.05, 0) is 41.0 Å². The molecule has 1 saturated carbocycles. The van der Waals surface area contributed by atoms with Crippen LogP contribution in [0.2, 0.25) is 0 Å². The van der Waals surface area contributed by atoms with E-state index in [1.807, 2.05) is 18.2 Å². The zero-order valence-corrected chi connectivity index (χ0v) is 16.5. The summed E-state index contributed by atoms with van der Waals surface area (Å²) in [5, 5.41) is 4.28. The second kappa shape index (κ2) is 9.01. The first-order chi connectivity index (χ1) is 11.7. The van der Waals surface area contributed by atoms with Crippen LogP contribution in [-0.4, -0.2) is 16.0 Å². The Hall–Kier alpha value is -0.860. The highest BCUT2D eigenvalue weighted by atomic mass is 127. The van der Waals surface area contributed by atoms with Gasteiger partial charge >= 0.3 is 0 Å². The number of halogens is 1. The molecule has 1 aromatic heterocycles. The molecule has 0 spiro atoms. The van der Waals surface area contributed by atoms with Gasteiger partial charge in [0.2, 0.25) is 0 Å². The maximum absolute atomic E-state index is 12.2. The molecule has 0 saturated heterocycles. The molecule has 1 aliphatic carbocycles. The Kier molecular flexibility index (Phi) is 6.74. The molecule has 128 valence electrons. The molecule has 0 atom stereocenters. The SMILES string of the molecule is O=c1[nH]c(SCc2ccccc2)nc(CNC2CCCCC2)c1I. The van der Waals surface area contributed by atoms with Gasteiger partial charge in [-0.1, -0.05) is 61.4 Å². The number of benzene rings is 1. The van der Waals surface area contributed by atoms with Crippen LogP contribution in [0.1, 0.15) is 43.4 Å². The molecule has 0 bridgehead atoms. The van der Waals surface area contributed by atoms with Gasteiger partial charge in [0, 0.05) is 18.3 Å². The van der Waals surface area contributed by atoms with E-state index in [0.717, 1.165) is 11.4 Å². The highest BCUT2D eigenvalue weighted by molar-refractivity contribution is 14.1. The van der Waals surface area contributed by atoms with Gasteiger partial charge < -0.3 is 10.3 Å². The molecule has 1 aliphatic rings. The molecular weight excluding hydrogens is 433 g/mol. The van der Waals surface area contributed by atoms with Crippen molar-refractivity contribution in [3.05, 3.63) is 55.5 Å². The third-order valence-corrected chi connectivity index (χ3v) is 6.35. The zero-order valence-electron chi connectivity index (χ0n) is 13.6. The Bertz CT molecular complexity index is 714. The van der Waals surface area contributed by atoms with E-state index in [2.05, 4.69) is 50.0 Å². The van der Waals surface area contributed by atoms with E-state index in [-0.39, 0.29) is 5.56 Å². The number of hydrogen-bond acceptors (Lipinski definition) is 4. The summed E-state index contributed by atoms with van der Waals surface area (Å²) >= 11 is 3.67. The molecule has 0 aliphatic heterocycles. The fourth-order valence-electron chi connectivity index (χ4n) is 2.94. The van der Waals surface area contributed by atoms with Crippen molar-refractivity contribution in [1.29, 1.82) is 0 Å². The van der Waals surface area contributed by atoms with Crippen molar-refractivity contribution in [3.63, 3.8) is 0 Å². The van der Waals surface area contributed by atoms with Crippen molar-refractivity contribution < 1.29 is 0 Å². The van der Waals surface area contributed by atoms with Crippen LogP contribution in [0.4, 0.5) is 0 Å². The molecule has 2 aromatic rings. The molecule has 3 rings (SSSR count). The van der Waals surface area contributed by atoms with Gasteiger partial charge in [-0.3, -0.25) is 4.79 Å². The second-order valence-electron chi connectivity index (χ2n) is 6.12. The summed E-state index contributed by atoms with van der Waals surface area (Å²) in [5.41, 5.74) is 2.05. The highest BCUT2D eigenvalue weighted by Gasteiger charge is 2.15. The molecule has 0 radical (unpaired) electrons. The Balaban J connectivity index is 1.65. The number of nitrogens with one attached hydrogen (secondary N) is 2. The van der Waals surface area contributed by atoms with E-state index >= 15 is 0 Å². The molecule has 24 heavy (non-hydrogen) atoms. The summed E-state index contributed by atoms with van der Waals surface area (Å²) in [6.07, 6.45) is 6.41. The smallest absolute Gasteiger partial charge is 0.265 e. The number of H-pyrrole nitrogens is 1. The Morgan fingerprint density at radius 1 is 1.21 bits per heavy atom. The highest BCUT2D eigenvalue weighted by Crippen LogP contribution is 2.20. The first kappa shape index (κ1) is 17.9. The lowest BCUT2D eigenvalue weighted by Gasteiger charge is -2.22. The van der Waals surface area contributed by atoms with E-state index in [1.165, 1.54) is 37.7 Å². The largest absolute Gasteiger partial charge is 0.308 e. The summed E-state index contributed by atoms with van der Waals surface area (Å²) in [6.45, 7) is 0.672.